The molecule has 1 saturated heterocycles. The van der Waals surface area contributed by atoms with Gasteiger partial charge in [-0.1, -0.05) is 48.8 Å². The average Bonchev–Trinajstić information content (AvgIpc) is 3.19. The molecule has 3 N–H and O–H groups in total. The number of likely N-dealkylation sites (tertiary alicyclic amines) is 1. The van der Waals surface area contributed by atoms with Crippen molar-refractivity contribution < 1.29 is 20.9 Å². The van der Waals surface area contributed by atoms with Crippen molar-refractivity contribution in [3.8, 4) is 0 Å². The number of amides is 3. The number of aliphatic hydroxyl groups is 1. The zero-order valence-corrected chi connectivity index (χ0v) is 20.0. The van der Waals surface area contributed by atoms with E-state index < -0.39 is 29.1 Å². The predicted molar refractivity (Wildman–Crippen MR) is 122 cm³/mol. The molecule has 31 heavy (non-hydrogen) atoms. The summed E-state index contributed by atoms with van der Waals surface area (Å²) in [7, 11) is 0. The molecule has 0 saturated carbocycles. The highest BCUT2D eigenvalue weighted by Gasteiger charge is 2.48. The van der Waals surface area contributed by atoms with Crippen LogP contribution in [0.4, 0.5) is 0 Å². The van der Waals surface area contributed by atoms with E-state index in [1.165, 1.54) is 11.8 Å². The summed E-state index contributed by atoms with van der Waals surface area (Å²) in [6, 6.07) is 6.00. The maximum Gasteiger partial charge on any atom is 0.257 e. The van der Waals surface area contributed by atoms with E-state index in [4.69, 9.17) is 0 Å². The molecule has 4 atom stereocenters. The maximum atomic E-state index is 13.4. The molecule has 2 heterocycles. The normalized spacial score (nSPS) is 27.0. The summed E-state index contributed by atoms with van der Waals surface area (Å²) in [5, 5.41) is 15.9. The Morgan fingerprint density at radius 2 is 1.97 bits per heavy atom. The number of rotatable bonds is 4. The number of nitrogens with zero attached hydrogens (tertiary/aromatic N) is 2. The van der Waals surface area contributed by atoms with Gasteiger partial charge in [-0.2, -0.15) is 0 Å². The van der Waals surface area contributed by atoms with Crippen LogP contribution in [-0.4, -0.2) is 58.3 Å². The van der Waals surface area contributed by atoms with Crippen molar-refractivity contribution in [1.82, 2.24) is 15.5 Å². The summed E-state index contributed by atoms with van der Waals surface area (Å²) >= 11 is 3.39. The van der Waals surface area contributed by atoms with E-state index in [1.54, 1.807) is 6.92 Å². The quantitative estimate of drug-likeness (QED) is 0.593. The van der Waals surface area contributed by atoms with Gasteiger partial charge in [0.2, 0.25) is 11.8 Å². The fraction of sp³-hybridized carbons (Fsp3) is 0.545. The number of hydrogen-bond acceptors (Lipinski definition) is 5. The van der Waals surface area contributed by atoms with Gasteiger partial charge in [0, 0.05) is 25.8 Å². The number of benzene rings is 1. The van der Waals surface area contributed by atoms with Crippen LogP contribution in [0, 0.1) is 5.41 Å². The van der Waals surface area contributed by atoms with Gasteiger partial charge in [-0.25, -0.2) is 4.99 Å². The Kier molecular flexibility index (Phi) is 6.30. The standard InChI is InChI=1S/C22H29BrN4O4.H2/c1-12(28)24-17(21(2,3)4)19(30)27-11-15(29)10-16(27)18-25-20(31)22(5,26-18)13-6-8-14(23)9-7-13;/h6-9,15-17,29H,10-11H2,1-5H3,(H,24,28)(H,25,26,31);1H/t15-,16-,17-,22-;/m1./s1. The molecular formula is C22H31BrN4O4. The van der Waals surface area contributed by atoms with Crippen LogP contribution in [0.3, 0.4) is 0 Å². The summed E-state index contributed by atoms with van der Waals surface area (Å²) in [6.45, 7) is 8.81. The molecule has 0 radical (unpaired) electrons. The van der Waals surface area contributed by atoms with Crippen molar-refractivity contribution in [3.05, 3.63) is 34.3 Å². The van der Waals surface area contributed by atoms with Gasteiger partial charge in [0.1, 0.15) is 11.9 Å². The highest BCUT2D eigenvalue weighted by atomic mass is 79.9. The van der Waals surface area contributed by atoms with Crippen molar-refractivity contribution in [2.75, 3.05) is 6.54 Å². The molecule has 3 amide bonds. The van der Waals surface area contributed by atoms with Crippen molar-refractivity contribution in [2.24, 2.45) is 10.4 Å². The molecule has 2 aliphatic rings. The van der Waals surface area contributed by atoms with Gasteiger partial charge in [0.25, 0.3) is 5.91 Å². The second-order valence-corrected chi connectivity index (χ2v) is 10.3. The van der Waals surface area contributed by atoms with Crippen molar-refractivity contribution in [2.45, 2.75) is 64.8 Å². The number of carbonyl (C=O) groups excluding carboxylic acids is 3. The Bertz CT molecular complexity index is 931. The van der Waals surface area contributed by atoms with Gasteiger partial charge < -0.3 is 20.6 Å². The van der Waals surface area contributed by atoms with E-state index in [9.17, 15) is 19.5 Å². The molecule has 3 rings (SSSR count). The smallest absolute Gasteiger partial charge is 0.257 e. The van der Waals surface area contributed by atoms with Crippen molar-refractivity contribution in [1.29, 1.82) is 0 Å². The largest absolute Gasteiger partial charge is 0.391 e. The van der Waals surface area contributed by atoms with Crippen molar-refractivity contribution in [3.63, 3.8) is 0 Å². The first-order chi connectivity index (χ1) is 14.3. The first-order valence-electron chi connectivity index (χ1n) is 10.3. The minimum atomic E-state index is -1.13. The zero-order valence-electron chi connectivity index (χ0n) is 18.4. The van der Waals surface area contributed by atoms with Crippen LogP contribution in [0.15, 0.2) is 33.7 Å². The monoisotopic (exact) mass is 494 g/mol. The third kappa shape index (κ3) is 4.67. The third-order valence-corrected chi connectivity index (χ3v) is 6.30. The van der Waals surface area contributed by atoms with Crippen molar-refractivity contribution >= 4 is 39.5 Å². The fourth-order valence-electron chi connectivity index (χ4n) is 4.02. The molecule has 0 aromatic heterocycles. The number of hydrogen-bond donors (Lipinski definition) is 3. The lowest BCUT2D eigenvalue weighted by Crippen LogP contribution is -2.57. The lowest BCUT2D eigenvalue weighted by molar-refractivity contribution is -0.139. The number of amidine groups is 1. The molecular weight excluding hydrogens is 464 g/mol. The minimum Gasteiger partial charge on any atom is -0.391 e. The van der Waals surface area contributed by atoms with Crippen LogP contribution in [-0.2, 0) is 19.9 Å². The first-order valence-corrected chi connectivity index (χ1v) is 11.0. The summed E-state index contributed by atoms with van der Waals surface area (Å²) in [5.74, 6) is -0.541. The zero-order chi connectivity index (χ0) is 23.1. The number of aliphatic imine (C=N–C) groups is 1. The molecule has 8 nitrogen and oxygen atoms in total. The maximum absolute atomic E-state index is 13.4. The second kappa shape index (κ2) is 8.35. The van der Waals surface area contributed by atoms with Gasteiger partial charge in [-0.3, -0.25) is 14.4 Å². The SMILES string of the molecule is CC(=O)N[C@H](C(=O)N1C[C@H](O)C[C@@H]1C1=N[C@](C)(c2ccc(Br)cc2)C(=O)N1)C(C)(C)C.[HH]. The Morgan fingerprint density at radius 3 is 2.52 bits per heavy atom. The van der Waals surface area contributed by atoms with Crippen LogP contribution < -0.4 is 10.6 Å². The van der Waals surface area contributed by atoms with Gasteiger partial charge in [0.15, 0.2) is 5.54 Å². The molecule has 1 aromatic rings. The van der Waals surface area contributed by atoms with E-state index in [1.807, 2.05) is 45.0 Å². The van der Waals surface area contributed by atoms with Gasteiger partial charge in [-0.05, 0) is 30.0 Å². The van der Waals surface area contributed by atoms with Gasteiger partial charge in [-0.15, -0.1) is 0 Å². The molecule has 1 aromatic carbocycles. The van der Waals surface area contributed by atoms with Gasteiger partial charge in [0.05, 0.1) is 12.1 Å². The van der Waals surface area contributed by atoms with Crippen LogP contribution in [0.5, 0.6) is 0 Å². The van der Waals surface area contributed by atoms with E-state index >= 15 is 0 Å². The Balaban J connectivity index is 0.00000363. The highest BCUT2D eigenvalue weighted by molar-refractivity contribution is 9.10. The molecule has 9 heteroatoms. The molecule has 2 aliphatic heterocycles. The fourth-order valence-corrected chi connectivity index (χ4v) is 4.28. The molecule has 0 bridgehead atoms. The minimum absolute atomic E-state index is 0. The third-order valence-electron chi connectivity index (χ3n) is 5.77. The second-order valence-electron chi connectivity index (χ2n) is 9.43. The number of β-amino-alcohol motifs (C(OH)–C–C–N with tert-alkyl or cyclic N) is 1. The Morgan fingerprint density at radius 1 is 1.35 bits per heavy atom. The first kappa shape index (κ1) is 23.4. The number of aliphatic hydroxyl groups excluding tert-OH is 1. The number of halogens is 1. The average molecular weight is 495 g/mol. The lowest BCUT2D eigenvalue weighted by atomic mass is 9.85. The summed E-state index contributed by atoms with van der Waals surface area (Å²) in [5.41, 5.74) is -0.933. The highest BCUT2D eigenvalue weighted by Crippen LogP contribution is 2.33. The topological polar surface area (TPSA) is 111 Å². The summed E-state index contributed by atoms with van der Waals surface area (Å²) in [4.78, 5) is 44.2. The number of carbonyl (C=O) groups is 3. The molecule has 1 fully saturated rings. The van der Waals surface area contributed by atoms with E-state index in [0.29, 0.717) is 5.84 Å². The Labute approximate surface area is 192 Å². The summed E-state index contributed by atoms with van der Waals surface area (Å²) in [6.07, 6.45) is -0.482. The van der Waals surface area contributed by atoms with Crippen LogP contribution in [0.25, 0.3) is 0 Å². The summed E-state index contributed by atoms with van der Waals surface area (Å²) < 4.78 is 0.893. The number of nitrogens with one attached hydrogen (secondary N) is 2. The predicted octanol–water partition coefficient (Wildman–Crippen LogP) is 1.95. The van der Waals surface area contributed by atoms with E-state index in [-0.39, 0.29) is 32.1 Å². The Hall–Kier alpha value is -2.26. The van der Waals surface area contributed by atoms with E-state index in [0.717, 1.165) is 10.0 Å². The van der Waals surface area contributed by atoms with E-state index in [2.05, 4.69) is 31.6 Å². The molecule has 0 unspecified atom stereocenters. The molecule has 170 valence electrons. The van der Waals surface area contributed by atoms with Crippen LogP contribution in [0.2, 0.25) is 0 Å². The lowest BCUT2D eigenvalue weighted by Gasteiger charge is -2.35. The molecule has 0 spiro atoms. The van der Waals surface area contributed by atoms with Crippen LogP contribution in [0.1, 0.15) is 48.0 Å². The van der Waals surface area contributed by atoms with Gasteiger partial charge >= 0.3 is 0 Å². The van der Waals surface area contributed by atoms with Crippen LogP contribution >= 0.6 is 15.9 Å². The molecule has 0 aliphatic carbocycles.